The second kappa shape index (κ2) is 4.56. The Bertz CT molecular complexity index is 591. The standard InChI is InChI=1S/C12H11F3N2O2/c1-7-10(8(2)19-16-7)6-17-4-3-9(5-17)11(18)12(13,14)15/h3-5H,6H2,1-2H3. The van der Waals surface area contributed by atoms with E-state index in [2.05, 4.69) is 5.16 Å². The number of carbonyl (C=O) groups excluding carboxylic acids is 1. The monoisotopic (exact) mass is 272 g/mol. The van der Waals surface area contributed by atoms with Gasteiger partial charge in [0.2, 0.25) is 0 Å². The van der Waals surface area contributed by atoms with Crippen LogP contribution in [0.25, 0.3) is 0 Å². The summed E-state index contributed by atoms with van der Waals surface area (Å²) >= 11 is 0. The third-order valence-corrected chi connectivity index (χ3v) is 2.79. The van der Waals surface area contributed by atoms with Crippen LogP contribution in [0.15, 0.2) is 23.0 Å². The Labute approximate surface area is 106 Å². The van der Waals surface area contributed by atoms with Crippen molar-refractivity contribution < 1.29 is 22.5 Å². The van der Waals surface area contributed by atoms with Crippen molar-refractivity contribution in [2.45, 2.75) is 26.6 Å². The molecule has 2 aromatic rings. The van der Waals surface area contributed by atoms with E-state index < -0.39 is 12.0 Å². The zero-order valence-electron chi connectivity index (χ0n) is 10.3. The van der Waals surface area contributed by atoms with Gasteiger partial charge in [-0.3, -0.25) is 4.79 Å². The number of hydrogen-bond acceptors (Lipinski definition) is 3. The SMILES string of the molecule is Cc1noc(C)c1Cn1ccc(C(=O)C(F)(F)F)c1. The molecule has 0 saturated heterocycles. The van der Waals surface area contributed by atoms with Crippen LogP contribution in [0, 0.1) is 13.8 Å². The molecule has 0 radical (unpaired) electrons. The molecule has 7 heteroatoms. The maximum absolute atomic E-state index is 12.3. The van der Waals surface area contributed by atoms with Crippen molar-refractivity contribution in [3.8, 4) is 0 Å². The summed E-state index contributed by atoms with van der Waals surface area (Å²) in [5, 5.41) is 3.76. The molecule has 0 saturated carbocycles. The molecule has 0 bridgehead atoms. The molecule has 2 rings (SSSR count). The van der Waals surface area contributed by atoms with E-state index >= 15 is 0 Å². The number of alkyl halides is 3. The summed E-state index contributed by atoms with van der Waals surface area (Å²) in [5.41, 5.74) is 1.09. The highest BCUT2D eigenvalue weighted by Crippen LogP contribution is 2.22. The summed E-state index contributed by atoms with van der Waals surface area (Å²) in [6.07, 6.45) is -2.26. The van der Waals surface area contributed by atoms with Gasteiger partial charge in [-0.25, -0.2) is 0 Å². The molecule has 0 unspecified atom stereocenters. The van der Waals surface area contributed by atoms with Crippen LogP contribution >= 0.6 is 0 Å². The Balaban J connectivity index is 2.21. The highest BCUT2D eigenvalue weighted by atomic mass is 19.4. The van der Waals surface area contributed by atoms with Crippen LogP contribution in [0.2, 0.25) is 0 Å². The molecule has 2 aromatic heterocycles. The normalized spacial score (nSPS) is 11.8. The lowest BCUT2D eigenvalue weighted by Gasteiger charge is -2.03. The van der Waals surface area contributed by atoms with Crippen molar-refractivity contribution in [3.05, 3.63) is 41.0 Å². The second-order valence-corrected chi connectivity index (χ2v) is 4.20. The van der Waals surface area contributed by atoms with Crippen LogP contribution < -0.4 is 0 Å². The van der Waals surface area contributed by atoms with Crippen LogP contribution in [0.1, 0.15) is 27.4 Å². The predicted octanol–water partition coefficient (Wildman–Crippen LogP) is 2.89. The first-order valence-corrected chi connectivity index (χ1v) is 5.48. The zero-order chi connectivity index (χ0) is 14.2. The first kappa shape index (κ1) is 13.4. The number of aryl methyl sites for hydroxylation is 2. The molecule has 0 atom stereocenters. The van der Waals surface area contributed by atoms with Crippen LogP contribution in [0.4, 0.5) is 13.2 Å². The summed E-state index contributed by atoms with van der Waals surface area (Å²) in [4.78, 5) is 11.0. The molecule has 102 valence electrons. The highest BCUT2D eigenvalue weighted by Gasteiger charge is 2.39. The summed E-state index contributed by atoms with van der Waals surface area (Å²) in [7, 11) is 0. The van der Waals surface area contributed by atoms with Gasteiger partial charge in [-0.15, -0.1) is 0 Å². The van der Waals surface area contributed by atoms with E-state index in [0.717, 1.165) is 11.6 Å². The van der Waals surface area contributed by atoms with Gasteiger partial charge in [-0.05, 0) is 19.9 Å². The van der Waals surface area contributed by atoms with E-state index in [1.807, 2.05) is 0 Å². The fraction of sp³-hybridized carbons (Fsp3) is 0.333. The van der Waals surface area contributed by atoms with Crippen molar-refractivity contribution in [3.63, 3.8) is 0 Å². The van der Waals surface area contributed by atoms with E-state index in [4.69, 9.17) is 4.52 Å². The van der Waals surface area contributed by atoms with Gasteiger partial charge in [0.05, 0.1) is 12.2 Å². The Morgan fingerprint density at radius 2 is 2.11 bits per heavy atom. The molecule has 0 amide bonds. The quantitative estimate of drug-likeness (QED) is 0.807. The molecule has 0 aliphatic heterocycles. The second-order valence-electron chi connectivity index (χ2n) is 4.20. The lowest BCUT2D eigenvalue weighted by molar-refractivity contribution is -0.0885. The minimum Gasteiger partial charge on any atom is -0.361 e. The largest absolute Gasteiger partial charge is 0.454 e. The number of aromatic nitrogens is 2. The predicted molar refractivity (Wildman–Crippen MR) is 59.9 cm³/mol. The van der Waals surface area contributed by atoms with Crippen LogP contribution in [0.5, 0.6) is 0 Å². The van der Waals surface area contributed by atoms with Crippen molar-refractivity contribution in [1.82, 2.24) is 9.72 Å². The highest BCUT2D eigenvalue weighted by molar-refractivity contribution is 6.00. The number of nitrogens with zero attached hydrogens (tertiary/aromatic N) is 2. The van der Waals surface area contributed by atoms with Gasteiger partial charge in [-0.2, -0.15) is 13.2 Å². The molecule has 0 spiro atoms. The Morgan fingerprint density at radius 3 is 2.63 bits per heavy atom. The van der Waals surface area contributed by atoms with E-state index in [0.29, 0.717) is 18.0 Å². The van der Waals surface area contributed by atoms with Gasteiger partial charge >= 0.3 is 6.18 Å². The van der Waals surface area contributed by atoms with Gasteiger partial charge in [0.1, 0.15) is 5.76 Å². The van der Waals surface area contributed by atoms with Crippen molar-refractivity contribution in [1.29, 1.82) is 0 Å². The number of halogens is 3. The molecule has 0 aliphatic carbocycles. The zero-order valence-corrected chi connectivity index (χ0v) is 10.3. The summed E-state index contributed by atoms with van der Waals surface area (Å²) < 4.78 is 43.3. The fourth-order valence-corrected chi connectivity index (χ4v) is 1.75. The number of carbonyl (C=O) groups is 1. The molecular formula is C12H11F3N2O2. The van der Waals surface area contributed by atoms with E-state index in [1.165, 1.54) is 17.0 Å². The summed E-state index contributed by atoms with van der Waals surface area (Å²) in [6, 6.07) is 1.15. The number of Topliss-reactive ketones (excluding diaryl/α,β-unsaturated/α-hetero) is 1. The molecule has 19 heavy (non-hydrogen) atoms. The average molecular weight is 272 g/mol. The number of ketones is 1. The first-order chi connectivity index (χ1) is 8.79. The Hall–Kier alpha value is -2.05. The molecule has 0 aromatic carbocycles. The first-order valence-electron chi connectivity index (χ1n) is 5.48. The van der Waals surface area contributed by atoms with Gasteiger partial charge in [-0.1, -0.05) is 5.16 Å². The van der Waals surface area contributed by atoms with Gasteiger partial charge < -0.3 is 9.09 Å². The molecular weight excluding hydrogens is 261 g/mol. The summed E-state index contributed by atoms with van der Waals surface area (Å²) in [5.74, 6) is -1.24. The summed E-state index contributed by atoms with van der Waals surface area (Å²) in [6.45, 7) is 3.78. The third kappa shape index (κ3) is 2.69. The lowest BCUT2D eigenvalue weighted by Crippen LogP contribution is -2.22. The maximum atomic E-state index is 12.3. The average Bonchev–Trinajstić information content (AvgIpc) is 2.89. The Morgan fingerprint density at radius 1 is 1.42 bits per heavy atom. The van der Waals surface area contributed by atoms with Crippen LogP contribution in [-0.2, 0) is 6.54 Å². The maximum Gasteiger partial charge on any atom is 0.454 e. The van der Waals surface area contributed by atoms with Gasteiger partial charge in [0.15, 0.2) is 0 Å². The molecule has 0 aliphatic rings. The van der Waals surface area contributed by atoms with Crippen molar-refractivity contribution in [2.24, 2.45) is 0 Å². The van der Waals surface area contributed by atoms with Gasteiger partial charge in [0, 0.05) is 23.5 Å². The number of hydrogen-bond donors (Lipinski definition) is 0. The molecule has 0 N–H and O–H groups in total. The van der Waals surface area contributed by atoms with Gasteiger partial charge in [0.25, 0.3) is 5.78 Å². The smallest absolute Gasteiger partial charge is 0.361 e. The van der Waals surface area contributed by atoms with Crippen molar-refractivity contribution >= 4 is 5.78 Å². The minimum atomic E-state index is -4.85. The van der Waals surface area contributed by atoms with Crippen LogP contribution in [-0.4, -0.2) is 21.7 Å². The molecule has 0 fully saturated rings. The Kier molecular flexibility index (Phi) is 3.21. The fourth-order valence-electron chi connectivity index (χ4n) is 1.75. The number of rotatable bonds is 3. The topological polar surface area (TPSA) is 48.0 Å². The van der Waals surface area contributed by atoms with E-state index in [9.17, 15) is 18.0 Å². The molecule has 2 heterocycles. The van der Waals surface area contributed by atoms with Crippen molar-refractivity contribution in [2.75, 3.05) is 0 Å². The minimum absolute atomic E-state index is 0.312. The molecule has 4 nitrogen and oxygen atoms in total. The lowest BCUT2D eigenvalue weighted by atomic mass is 10.2. The van der Waals surface area contributed by atoms with Crippen LogP contribution in [0.3, 0.4) is 0 Å². The van der Waals surface area contributed by atoms with E-state index in [1.54, 1.807) is 13.8 Å². The third-order valence-electron chi connectivity index (χ3n) is 2.79. The van der Waals surface area contributed by atoms with E-state index in [-0.39, 0.29) is 5.56 Å².